The summed E-state index contributed by atoms with van der Waals surface area (Å²) in [5.41, 5.74) is 2.11. The Labute approximate surface area is 208 Å². The van der Waals surface area contributed by atoms with Crippen LogP contribution in [-0.4, -0.2) is 50.1 Å². The maximum atomic E-state index is 14.6. The van der Waals surface area contributed by atoms with E-state index in [1.807, 2.05) is 0 Å². The number of rotatable bonds is 5. The first-order chi connectivity index (χ1) is 17.0. The van der Waals surface area contributed by atoms with Crippen LogP contribution >= 0.6 is 11.6 Å². The number of likely N-dealkylation sites (tertiary alicyclic amines) is 1. The second-order valence-corrected chi connectivity index (χ2v) is 9.63. The highest BCUT2D eigenvalue weighted by Crippen LogP contribution is 2.39. The quantitative estimate of drug-likeness (QED) is 0.497. The number of aliphatic hydroxyl groups is 1. The van der Waals surface area contributed by atoms with E-state index in [2.05, 4.69) is 15.3 Å². The zero-order valence-electron chi connectivity index (χ0n) is 19.3. The molecule has 2 aromatic heterocycles. The Morgan fingerprint density at radius 2 is 1.97 bits per heavy atom. The third kappa shape index (κ3) is 5.13. The summed E-state index contributed by atoms with van der Waals surface area (Å²) >= 11 is 6.11. The zero-order valence-corrected chi connectivity index (χ0v) is 20.0. The van der Waals surface area contributed by atoms with Crippen LogP contribution in [-0.2, 0) is 0 Å². The number of nitrogens with zero attached hydrogens (tertiary/aromatic N) is 4. The number of benzene rings is 1. The van der Waals surface area contributed by atoms with Crippen molar-refractivity contribution in [1.82, 2.24) is 19.9 Å². The van der Waals surface area contributed by atoms with E-state index in [-0.39, 0.29) is 23.2 Å². The van der Waals surface area contributed by atoms with Gasteiger partial charge in [0.1, 0.15) is 11.6 Å². The fraction of sp³-hybridized carbons (Fsp3) is 0.385. The lowest BCUT2D eigenvalue weighted by Crippen LogP contribution is -2.42. The summed E-state index contributed by atoms with van der Waals surface area (Å²) in [5, 5.41) is 13.8. The molecule has 1 aliphatic heterocycles. The van der Waals surface area contributed by atoms with Crippen LogP contribution in [0.3, 0.4) is 0 Å². The number of hydrogen-bond acceptors (Lipinski definition) is 6. The second-order valence-electron chi connectivity index (χ2n) is 9.20. The van der Waals surface area contributed by atoms with E-state index in [0.29, 0.717) is 41.6 Å². The van der Waals surface area contributed by atoms with Crippen molar-refractivity contribution in [1.29, 1.82) is 0 Å². The van der Waals surface area contributed by atoms with Gasteiger partial charge in [0.25, 0.3) is 5.91 Å². The molecule has 1 saturated heterocycles. The Bertz CT molecular complexity index is 1230. The molecular formula is C26H27ClFN5O2. The highest BCUT2D eigenvalue weighted by atomic mass is 35.5. The van der Waals surface area contributed by atoms with Gasteiger partial charge >= 0.3 is 0 Å². The fourth-order valence-electron chi connectivity index (χ4n) is 4.94. The smallest absolute Gasteiger partial charge is 0.257 e. The minimum atomic E-state index is -0.522. The Morgan fingerprint density at radius 3 is 2.77 bits per heavy atom. The highest BCUT2D eigenvalue weighted by Gasteiger charge is 2.27. The summed E-state index contributed by atoms with van der Waals surface area (Å²) < 4.78 is 14.6. The van der Waals surface area contributed by atoms with Crippen LogP contribution in [0.5, 0.6) is 0 Å². The third-order valence-electron chi connectivity index (χ3n) is 6.77. The van der Waals surface area contributed by atoms with Gasteiger partial charge in [0.15, 0.2) is 5.82 Å². The van der Waals surface area contributed by atoms with Gasteiger partial charge in [0.05, 0.1) is 22.9 Å². The van der Waals surface area contributed by atoms with E-state index >= 15 is 0 Å². The van der Waals surface area contributed by atoms with E-state index < -0.39 is 11.9 Å². The molecule has 0 radical (unpaired) electrons. The molecule has 5 rings (SSSR count). The van der Waals surface area contributed by atoms with Crippen LogP contribution in [0.15, 0.2) is 42.9 Å². The van der Waals surface area contributed by atoms with Crippen molar-refractivity contribution < 1.29 is 14.3 Å². The minimum Gasteiger partial charge on any atom is -0.391 e. The number of carbonyl (C=O) groups excluding carboxylic acids is 1. The van der Waals surface area contributed by atoms with Gasteiger partial charge in [0, 0.05) is 42.3 Å². The highest BCUT2D eigenvalue weighted by molar-refractivity contribution is 6.30. The lowest BCUT2D eigenvalue weighted by atomic mass is 9.99. The average molecular weight is 496 g/mol. The van der Waals surface area contributed by atoms with Gasteiger partial charge in [-0.1, -0.05) is 24.4 Å². The summed E-state index contributed by atoms with van der Waals surface area (Å²) in [4.78, 5) is 28.3. The predicted molar refractivity (Wildman–Crippen MR) is 132 cm³/mol. The van der Waals surface area contributed by atoms with E-state index in [1.54, 1.807) is 23.4 Å². The second kappa shape index (κ2) is 10.3. The Morgan fingerprint density at radius 1 is 1.14 bits per heavy atom. The van der Waals surface area contributed by atoms with Gasteiger partial charge in [-0.2, -0.15) is 0 Å². The summed E-state index contributed by atoms with van der Waals surface area (Å²) in [7, 11) is 0. The molecule has 2 fully saturated rings. The van der Waals surface area contributed by atoms with Crippen molar-refractivity contribution in [3.8, 4) is 11.4 Å². The Balaban J connectivity index is 1.53. The van der Waals surface area contributed by atoms with Crippen LogP contribution in [0.4, 0.5) is 15.9 Å². The van der Waals surface area contributed by atoms with Crippen molar-refractivity contribution >= 4 is 29.0 Å². The van der Waals surface area contributed by atoms with Gasteiger partial charge in [-0.15, -0.1) is 0 Å². The van der Waals surface area contributed by atoms with E-state index in [0.717, 1.165) is 37.7 Å². The molecule has 2 aliphatic rings. The largest absolute Gasteiger partial charge is 0.391 e. The molecular weight excluding hydrogens is 469 g/mol. The van der Waals surface area contributed by atoms with E-state index in [4.69, 9.17) is 16.6 Å². The number of halogens is 2. The zero-order chi connectivity index (χ0) is 24.4. The Kier molecular flexibility index (Phi) is 6.92. The van der Waals surface area contributed by atoms with Gasteiger partial charge < -0.3 is 15.3 Å². The Hall–Kier alpha value is -3.10. The number of nitrogens with one attached hydrogen (secondary N) is 1. The molecule has 7 nitrogen and oxygen atoms in total. The van der Waals surface area contributed by atoms with Crippen molar-refractivity contribution in [2.75, 3.05) is 18.4 Å². The normalized spacial score (nSPS) is 18.6. The van der Waals surface area contributed by atoms with Crippen LogP contribution in [0.1, 0.15) is 60.4 Å². The van der Waals surface area contributed by atoms with Gasteiger partial charge in [-0.3, -0.25) is 9.78 Å². The number of β-amino-alcohol motifs (C(OH)–C–C–N with tert-alkyl or cyclic N) is 1. The van der Waals surface area contributed by atoms with Crippen molar-refractivity contribution in [2.45, 2.75) is 50.5 Å². The lowest BCUT2D eigenvalue weighted by Gasteiger charge is -2.30. The molecule has 1 aliphatic carbocycles. The molecule has 0 spiro atoms. The van der Waals surface area contributed by atoms with E-state index in [9.17, 15) is 14.3 Å². The SMILES string of the molecule is O=C(c1cnccc1Nc1nc(-c2cc(Cl)ccc2F)ncc1C1CCCC1)N1CCC[C@H](O)C1. The number of aromatic nitrogens is 3. The van der Waals surface area contributed by atoms with Crippen molar-refractivity contribution in [2.24, 2.45) is 0 Å². The topological polar surface area (TPSA) is 91.2 Å². The van der Waals surface area contributed by atoms with Crippen LogP contribution in [0, 0.1) is 5.82 Å². The summed E-state index contributed by atoms with van der Waals surface area (Å²) in [5.74, 6) is 0.388. The average Bonchev–Trinajstić information content (AvgIpc) is 3.40. The molecule has 35 heavy (non-hydrogen) atoms. The molecule has 0 unspecified atom stereocenters. The van der Waals surface area contributed by atoms with Gasteiger partial charge in [0.2, 0.25) is 0 Å². The number of anilines is 2. The monoisotopic (exact) mass is 495 g/mol. The van der Waals surface area contributed by atoms with Gasteiger partial charge in [-0.25, -0.2) is 14.4 Å². The number of pyridine rings is 1. The maximum Gasteiger partial charge on any atom is 0.257 e. The summed E-state index contributed by atoms with van der Waals surface area (Å²) in [6.45, 7) is 0.884. The predicted octanol–water partition coefficient (Wildman–Crippen LogP) is 5.33. The van der Waals surface area contributed by atoms with Crippen molar-refractivity contribution in [3.05, 3.63) is 64.8 Å². The number of piperidine rings is 1. The molecule has 1 atom stereocenters. The number of carbonyl (C=O) groups is 1. The standard InChI is InChI=1S/C26H27ClFN5O2/c27-17-7-8-22(28)19(12-17)24-30-14-20(16-4-1-2-5-16)25(32-24)31-23-9-10-29-13-21(23)26(35)33-11-3-6-18(34)15-33/h7-10,12-14,16,18,34H,1-6,11,15H2,(H,29,30,31,32)/t18-/m0/s1. The van der Waals surface area contributed by atoms with Crippen LogP contribution in [0.25, 0.3) is 11.4 Å². The molecule has 1 saturated carbocycles. The van der Waals surface area contributed by atoms with Gasteiger partial charge in [-0.05, 0) is 55.9 Å². The first kappa shape index (κ1) is 23.6. The molecule has 182 valence electrons. The van der Waals surface area contributed by atoms with Crippen LogP contribution < -0.4 is 5.32 Å². The minimum absolute atomic E-state index is 0.197. The first-order valence-corrected chi connectivity index (χ1v) is 12.4. The maximum absolute atomic E-state index is 14.6. The lowest BCUT2D eigenvalue weighted by molar-refractivity contribution is 0.0474. The molecule has 3 heterocycles. The fourth-order valence-corrected chi connectivity index (χ4v) is 5.11. The molecule has 2 N–H and O–H groups in total. The molecule has 1 amide bonds. The third-order valence-corrected chi connectivity index (χ3v) is 7.00. The molecule has 3 aromatic rings. The number of hydrogen-bond donors (Lipinski definition) is 2. The summed E-state index contributed by atoms with van der Waals surface area (Å²) in [6, 6.07) is 6.02. The molecule has 9 heteroatoms. The number of aliphatic hydroxyl groups excluding tert-OH is 1. The van der Waals surface area contributed by atoms with E-state index in [1.165, 1.54) is 24.4 Å². The molecule has 0 bridgehead atoms. The number of amides is 1. The van der Waals surface area contributed by atoms with Crippen molar-refractivity contribution in [3.63, 3.8) is 0 Å². The van der Waals surface area contributed by atoms with Crippen LogP contribution in [0.2, 0.25) is 5.02 Å². The first-order valence-electron chi connectivity index (χ1n) is 12.0. The summed E-state index contributed by atoms with van der Waals surface area (Å²) in [6.07, 6.45) is 10.1. The molecule has 1 aromatic carbocycles.